The van der Waals surface area contributed by atoms with Crippen LogP contribution in [0, 0.1) is 0 Å². The first-order valence-corrected chi connectivity index (χ1v) is 24.1. The van der Waals surface area contributed by atoms with Gasteiger partial charge in [-0.1, -0.05) is 159 Å². The highest BCUT2D eigenvalue weighted by atomic mass is 15.3. The summed E-state index contributed by atoms with van der Waals surface area (Å²) in [5.41, 5.74) is 20.1. The molecule has 5 heterocycles. The number of aromatic nitrogens is 3. The van der Waals surface area contributed by atoms with Crippen LogP contribution in [0.15, 0.2) is 170 Å². The molecule has 11 aromatic rings. The first-order chi connectivity index (χ1) is 32.2. The predicted octanol–water partition coefficient (Wildman–Crippen LogP) is 15.1. The highest BCUT2D eigenvalue weighted by Crippen LogP contribution is 2.51. The van der Waals surface area contributed by atoms with Crippen molar-refractivity contribution in [3.05, 3.63) is 187 Å². The van der Waals surface area contributed by atoms with Gasteiger partial charge in [0.15, 0.2) is 0 Å². The number of para-hydroxylation sites is 4. The molecular formula is C62H55BN4. The summed E-state index contributed by atoms with van der Waals surface area (Å²) >= 11 is 0. The van der Waals surface area contributed by atoms with E-state index in [1.54, 1.807) is 0 Å². The second-order valence-corrected chi connectivity index (χ2v) is 22.3. The predicted molar refractivity (Wildman–Crippen MR) is 287 cm³/mol. The zero-order valence-electron chi connectivity index (χ0n) is 40.0. The maximum atomic E-state index is 2.77. The molecule has 326 valence electrons. The molecule has 13 rings (SSSR count). The molecule has 67 heavy (non-hydrogen) atoms. The lowest BCUT2D eigenvalue weighted by atomic mass is 9.45. The molecule has 0 N–H and O–H groups in total. The maximum Gasteiger partial charge on any atom is 0.335 e. The zero-order valence-corrected chi connectivity index (χ0v) is 40.0. The Bertz CT molecular complexity index is 3840. The molecular weight excluding hydrogens is 812 g/mol. The Morgan fingerprint density at radius 1 is 0.373 bits per heavy atom. The van der Waals surface area contributed by atoms with Crippen LogP contribution in [0.4, 0.5) is 17.2 Å². The minimum Gasteiger partial charge on any atom is -0.375 e. The van der Waals surface area contributed by atoms with Crippen LogP contribution in [0.25, 0.3) is 77.0 Å². The molecule has 0 bridgehead atoms. The zero-order chi connectivity index (χ0) is 45.9. The lowest BCUT2D eigenvalue weighted by Gasteiger charge is -2.41. The van der Waals surface area contributed by atoms with Crippen LogP contribution in [0.3, 0.4) is 0 Å². The minimum absolute atomic E-state index is 0.0217. The van der Waals surface area contributed by atoms with Crippen LogP contribution in [-0.4, -0.2) is 20.5 Å². The molecule has 0 amide bonds. The summed E-state index contributed by atoms with van der Waals surface area (Å²) in [5, 5.41) is 6.42. The van der Waals surface area contributed by atoms with Crippen molar-refractivity contribution < 1.29 is 0 Å². The third-order valence-electron chi connectivity index (χ3n) is 15.0. The fourth-order valence-corrected chi connectivity index (χ4v) is 11.7. The van der Waals surface area contributed by atoms with Crippen molar-refractivity contribution in [2.45, 2.75) is 78.6 Å². The highest BCUT2D eigenvalue weighted by molar-refractivity contribution is 6.91. The second kappa shape index (κ2) is 13.7. The molecule has 0 saturated carbocycles. The third kappa shape index (κ3) is 5.61. The fourth-order valence-electron chi connectivity index (χ4n) is 11.7. The molecule has 2 aliphatic heterocycles. The molecule has 4 nitrogen and oxygen atoms in total. The molecule has 2 aliphatic rings. The van der Waals surface area contributed by atoms with Crippen molar-refractivity contribution in [2.24, 2.45) is 0 Å². The summed E-state index contributed by atoms with van der Waals surface area (Å²) in [6.45, 7) is 21.0. The van der Waals surface area contributed by atoms with E-state index in [9.17, 15) is 0 Å². The van der Waals surface area contributed by atoms with Crippen molar-refractivity contribution in [1.82, 2.24) is 13.6 Å². The Balaban J connectivity index is 1.27. The molecule has 5 heteroatoms. The summed E-state index contributed by atoms with van der Waals surface area (Å²) < 4.78 is 7.84. The SMILES string of the molecule is CC(C)(C)c1ccc(N2c3cc(C(C)(C)C)cc4c3B(c3c2n(-c2ccccc2)c2ccccc32)n2c3ccc5c6ccccc6n(-c6ccccc6)c5c3c3cc(C(C)(C)C)cc-4c32)cc1. The van der Waals surface area contributed by atoms with Crippen molar-refractivity contribution in [1.29, 1.82) is 0 Å². The molecule has 0 fully saturated rings. The Kier molecular flexibility index (Phi) is 8.18. The van der Waals surface area contributed by atoms with Crippen LogP contribution in [0.5, 0.6) is 0 Å². The Hall–Kier alpha value is -7.24. The van der Waals surface area contributed by atoms with Gasteiger partial charge in [-0.3, -0.25) is 9.47 Å². The van der Waals surface area contributed by atoms with Gasteiger partial charge in [0.1, 0.15) is 5.82 Å². The van der Waals surface area contributed by atoms with Gasteiger partial charge in [-0.15, -0.1) is 0 Å². The number of benzene rings is 8. The third-order valence-corrected chi connectivity index (χ3v) is 15.0. The van der Waals surface area contributed by atoms with Gasteiger partial charge in [0, 0.05) is 66.4 Å². The fraction of sp³-hybridized carbons (Fsp3) is 0.194. The molecule has 3 aromatic heterocycles. The van der Waals surface area contributed by atoms with Gasteiger partial charge in [0.2, 0.25) is 0 Å². The first kappa shape index (κ1) is 40.1. The van der Waals surface area contributed by atoms with Crippen LogP contribution in [-0.2, 0) is 16.2 Å². The number of nitrogens with zero attached hydrogens (tertiary/aromatic N) is 4. The van der Waals surface area contributed by atoms with Gasteiger partial charge >= 0.3 is 6.85 Å². The van der Waals surface area contributed by atoms with E-state index in [2.05, 4.69) is 251 Å². The van der Waals surface area contributed by atoms with E-state index in [-0.39, 0.29) is 23.1 Å². The van der Waals surface area contributed by atoms with Crippen LogP contribution in [0.2, 0.25) is 0 Å². The highest BCUT2D eigenvalue weighted by Gasteiger charge is 2.47. The molecule has 0 unspecified atom stereocenters. The molecule has 0 spiro atoms. The summed E-state index contributed by atoms with van der Waals surface area (Å²) in [6, 6.07) is 64.6. The van der Waals surface area contributed by atoms with Crippen LogP contribution >= 0.6 is 0 Å². The van der Waals surface area contributed by atoms with Crippen molar-refractivity contribution in [3.8, 4) is 22.5 Å². The van der Waals surface area contributed by atoms with Crippen LogP contribution < -0.4 is 15.8 Å². The molecule has 8 aromatic carbocycles. The largest absolute Gasteiger partial charge is 0.375 e. The van der Waals surface area contributed by atoms with E-state index < -0.39 is 0 Å². The Labute approximate surface area is 393 Å². The average molecular weight is 867 g/mol. The molecule has 0 radical (unpaired) electrons. The quantitative estimate of drug-likeness (QED) is 0.162. The smallest absolute Gasteiger partial charge is 0.335 e. The van der Waals surface area contributed by atoms with E-state index in [1.807, 2.05) is 0 Å². The van der Waals surface area contributed by atoms with Gasteiger partial charge in [-0.2, -0.15) is 0 Å². The summed E-state index contributed by atoms with van der Waals surface area (Å²) in [4.78, 5) is 2.62. The van der Waals surface area contributed by atoms with E-state index in [4.69, 9.17) is 0 Å². The number of hydrogen-bond donors (Lipinski definition) is 0. The summed E-state index contributed by atoms with van der Waals surface area (Å²) in [6.07, 6.45) is 0. The lowest BCUT2D eigenvalue weighted by Crippen LogP contribution is -2.56. The van der Waals surface area contributed by atoms with Crippen molar-refractivity contribution >= 4 is 89.5 Å². The van der Waals surface area contributed by atoms with E-state index in [1.165, 1.54) is 110 Å². The van der Waals surface area contributed by atoms with E-state index >= 15 is 0 Å². The minimum atomic E-state index is -0.131. The Morgan fingerprint density at radius 3 is 1.57 bits per heavy atom. The topological polar surface area (TPSA) is 18.0 Å². The summed E-state index contributed by atoms with van der Waals surface area (Å²) in [5.74, 6) is 1.19. The molecule has 0 atom stereocenters. The lowest BCUT2D eigenvalue weighted by molar-refractivity contribution is 0.589. The normalized spacial score (nSPS) is 13.7. The van der Waals surface area contributed by atoms with Crippen LogP contribution in [0.1, 0.15) is 79.0 Å². The average Bonchev–Trinajstić information content (AvgIpc) is 3.96. The van der Waals surface area contributed by atoms with Gasteiger partial charge in [0.25, 0.3) is 0 Å². The summed E-state index contributed by atoms with van der Waals surface area (Å²) in [7, 11) is 0. The van der Waals surface area contributed by atoms with Gasteiger partial charge in [-0.25, -0.2) is 0 Å². The molecule has 0 saturated heterocycles. The number of rotatable bonds is 3. The number of hydrogen-bond acceptors (Lipinski definition) is 1. The second-order valence-electron chi connectivity index (χ2n) is 22.3. The Morgan fingerprint density at radius 2 is 0.925 bits per heavy atom. The van der Waals surface area contributed by atoms with E-state index in [0.29, 0.717) is 0 Å². The first-order valence-electron chi connectivity index (χ1n) is 24.1. The maximum absolute atomic E-state index is 2.77. The van der Waals surface area contributed by atoms with Crippen molar-refractivity contribution in [3.63, 3.8) is 0 Å². The van der Waals surface area contributed by atoms with Crippen molar-refractivity contribution in [2.75, 3.05) is 4.90 Å². The number of fused-ring (bicyclic) bond motifs is 13. The molecule has 0 aliphatic carbocycles. The van der Waals surface area contributed by atoms with E-state index in [0.717, 1.165) is 11.4 Å². The van der Waals surface area contributed by atoms with Gasteiger partial charge in [0.05, 0.1) is 16.6 Å². The number of anilines is 3. The monoisotopic (exact) mass is 866 g/mol. The van der Waals surface area contributed by atoms with Gasteiger partial charge < -0.3 is 9.05 Å². The standard InChI is InChI=1S/C62H55BN4/c1-60(2,3)38-28-30-43(31-29-38)66-53-37-40(62(7,8)9)34-47-48-35-39(61(4,5)6)36-49-54-52(33-32-45-44-24-16-18-26-50(44)64(58(45)54)41-20-12-10-13-21-41)67(57(48)49)63(55(47)53)56-46-25-17-19-27-51(46)65(59(56)66)42-22-14-11-15-23-42/h10-37H,1-9H3. The van der Waals surface area contributed by atoms with Gasteiger partial charge in [-0.05, 0) is 122 Å².